The summed E-state index contributed by atoms with van der Waals surface area (Å²) >= 11 is 0. The van der Waals surface area contributed by atoms with Crippen LogP contribution in [0.4, 0.5) is 4.39 Å². The highest BCUT2D eigenvalue weighted by molar-refractivity contribution is 5.72. The Bertz CT molecular complexity index is 538. The molecule has 0 radical (unpaired) electrons. The first-order valence-corrected chi connectivity index (χ1v) is 8.20. The lowest BCUT2D eigenvalue weighted by molar-refractivity contribution is -0.151. The van der Waals surface area contributed by atoms with Gasteiger partial charge in [0.1, 0.15) is 11.4 Å². The number of ether oxygens (including phenoxy) is 1. The number of amides is 1. The van der Waals surface area contributed by atoms with Crippen LogP contribution >= 0.6 is 0 Å². The van der Waals surface area contributed by atoms with Crippen LogP contribution in [-0.4, -0.2) is 24.0 Å². The number of rotatable bonds is 9. The van der Waals surface area contributed by atoms with Gasteiger partial charge in [-0.1, -0.05) is 18.6 Å². The first-order chi connectivity index (χ1) is 11.0. The van der Waals surface area contributed by atoms with Crippen LogP contribution in [0.3, 0.4) is 0 Å². The van der Waals surface area contributed by atoms with Crippen LogP contribution in [-0.2, 0) is 20.7 Å². The van der Waals surface area contributed by atoms with Crippen molar-refractivity contribution >= 4 is 11.9 Å². The van der Waals surface area contributed by atoms with Gasteiger partial charge in [0.15, 0.2) is 0 Å². The number of hydrogen-bond donors (Lipinski definition) is 1. The molecule has 1 N–H and O–H groups in total. The van der Waals surface area contributed by atoms with E-state index in [1.807, 2.05) is 0 Å². The minimum atomic E-state index is -0.370. The molecule has 1 aromatic rings. The van der Waals surface area contributed by atoms with Crippen molar-refractivity contribution < 1.29 is 18.7 Å². The summed E-state index contributed by atoms with van der Waals surface area (Å²) in [5.74, 6) is -0.445. The highest BCUT2D eigenvalue weighted by Crippen LogP contribution is 2.42. The summed E-state index contributed by atoms with van der Waals surface area (Å²) in [5, 5.41) is 2.73. The van der Waals surface area contributed by atoms with Gasteiger partial charge < -0.3 is 10.1 Å². The molecule has 2 rings (SSSR count). The summed E-state index contributed by atoms with van der Waals surface area (Å²) in [7, 11) is 0. The molecular weight excluding hydrogens is 297 g/mol. The molecule has 1 amide bonds. The second-order valence-corrected chi connectivity index (χ2v) is 6.25. The lowest BCUT2D eigenvalue weighted by Gasteiger charge is -2.17. The summed E-state index contributed by atoms with van der Waals surface area (Å²) in [6.07, 6.45) is 5.34. The molecule has 0 unspecified atom stereocenters. The van der Waals surface area contributed by atoms with E-state index in [4.69, 9.17) is 4.74 Å². The van der Waals surface area contributed by atoms with Crippen molar-refractivity contribution in [1.29, 1.82) is 0 Å². The number of unbranched alkanes of at least 4 members (excludes halogenated alkanes) is 2. The lowest BCUT2D eigenvalue weighted by atomic mass is 10.1. The fraction of sp³-hybridized carbons (Fsp3) is 0.556. The molecule has 1 fully saturated rings. The Morgan fingerprint density at radius 1 is 1.17 bits per heavy atom. The maximum Gasteiger partial charge on any atom is 0.306 e. The number of benzene rings is 1. The van der Waals surface area contributed by atoms with Crippen LogP contribution in [0.1, 0.15) is 51.0 Å². The summed E-state index contributed by atoms with van der Waals surface area (Å²) in [6, 6.07) is 6.35. The molecule has 0 atom stereocenters. The molecule has 0 saturated heterocycles. The predicted molar refractivity (Wildman–Crippen MR) is 85.3 cm³/mol. The van der Waals surface area contributed by atoms with Gasteiger partial charge in [-0.05, 0) is 43.4 Å². The minimum absolute atomic E-state index is 0.0270. The van der Waals surface area contributed by atoms with Gasteiger partial charge in [-0.25, -0.2) is 4.39 Å². The molecule has 1 aromatic carbocycles. The van der Waals surface area contributed by atoms with Crippen LogP contribution in [0.2, 0.25) is 0 Å². The summed E-state index contributed by atoms with van der Waals surface area (Å²) in [4.78, 5) is 22.6. The maximum atomic E-state index is 12.9. The van der Waals surface area contributed by atoms with Crippen molar-refractivity contribution in [2.24, 2.45) is 0 Å². The predicted octanol–water partition coefficient (Wildman–Crippen LogP) is 3.14. The normalized spacial score (nSPS) is 15.0. The lowest BCUT2D eigenvalue weighted by Crippen LogP contribution is -2.22. The summed E-state index contributed by atoms with van der Waals surface area (Å²) < 4.78 is 18.5. The number of carbonyl (C=O) groups excluding carboxylic acids is 2. The Morgan fingerprint density at radius 3 is 2.48 bits per heavy atom. The van der Waals surface area contributed by atoms with Gasteiger partial charge in [0.05, 0.1) is 0 Å². The Morgan fingerprint density at radius 2 is 1.87 bits per heavy atom. The quantitative estimate of drug-likeness (QED) is 0.561. The van der Waals surface area contributed by atoms with Crippen molar-refractivity contribution in [3.8, 4) is 0 Å². The molecule has 0 aromatic heterocycles. The molecule has 0 aliphatic heterocycles. The second kappa shape index (κ2) is 8.09. The summed E-state index contributed by atoms with van der Waals surface area (Å²) in [5.41, 5.74) is 0.623. The molecular formula is C18H24FNO3. The van der Waals surface area contributed by atoms with Crippen LogP contribution in [0.25, 0.3) is 0 Å². The SMILES string of the molecule is CC(=O)NCCCCCC(=O)OC1(Cc2ccc(F)cc2)CC1. The third-order valence-corrected chi connectivity index (χ3v) is 4.01. The van der Waals surface area contributed by atoms with E-state index in [-0.39, 0.29) is 23.3 Å². The van der Waals surface area contributed by atoms with E-state index >= 15 is 0 Å². The third kappa shape index (κ3) is 6.38. The first kappa shape index (κ1) is 17.4. The van der Waals surface area contributed by atoms with Crippen molar-refractivity contribution in [2.75, 3.05) is 6.54 Å². The van der Waals surface area contributed by atoms with Gasteiger partial charge in [0.25, 0.3) is 0 Å². The number of hydrogen-bond acceptors (Lipinski definition) is 3. The topological polar surface area (TPSA) is 55.4 Å². The van der Waals surface area contributed by atoms with E-state index in [9.17, 15) is 14.0 Å². The van der Waals surface area contributed by atoms with Crippen molar-refractivity contribution in [3.05, 3.63) is 35.6 Å². The zero-order valence-electron chi connectivity index (χ0n) is 13.6. The summed E-state index contributed by atoms with van der Waals surface area (Å²) in [6.45, 7) is 2.15. The molecule has 1 aliphatic carbocycles. The van der Waals surface area contributed by atoms with Gasteiger partial charge in [-0.15, -0.1) is 0 Å². The molecule has 1 saturated carbocycles. The van der Waals surface area contributed by atoms with E-state index in [1.165, 1.54) is 19.1 Å². The molecule has 126 valence electrons. The number of halogens is 1. The fourth-order valence-corrected chi connectivity index (χ4v) is 2.56. The Kier molecular flexibility index (Phi) is 6.13. The van der Waals surface area contributed by atoms with Crippen LogP contribution < -0.4 is 5.32 Å². The second-order valence-electron chi connectivity index (χ2n) is 6.25. The van der Waals surface area contributed by atoms with Crippen LogP contribution in [0.15, 0.2) is 24.3 Å². The average Bonchev–Trinajstić information content (AvgIpc) is 3.24. The van der Waals surface area contributed by atoms with E-state index in [0.29, 0.717) is 19.4 Å². The van der Waals surface area contributed by atoms with Crippen LogP contribution in [0.5, 0.6) is 0 Å². The molecule has 4 nitrogen and oxygen atoms in total. The Balaban J connectivity index is 1.64. The van der Waals surface area contributed by atoms with Gasteiger partial charge in [-0.2, -0.15) is 0 Å². The molecule has 5 heteroatoms. The Labute approximate surface area is 136 Å². The van der Waals surface area contributed by atoms with Gasteiger partial charge in [0, 0.05) is 26.3 Å². The standard InChI is InChI=1S/C18H24FNO3/c1-14(21)20-12-4-2-3-5-17(22)23-18(10-11-18)13-15-6-8-16(19)9-7-15/h6-9H,2-5,10-13H2,1H3,(H,20,21). The molecule has 0 bridgehead atoms. The smallest absolute Gasteiger partial charge is 0.306 e. The van der Waals surface area contributed by atoms with Gasteiger partial charge in [-0.3, -0.25) is 9.59 Å². The highest BCUT2D eigenvalue weighted by Gasteiger charge is 2.46. The molecule has 0 spiro atoms. The molecule has 23 heavy (non-hydrogen) atoms. The van der Waals surface area contributed by atoms with Crippen molar-refractivity contribution in [3.63, 3.8) is 0 Å². The number of carbonyl (C=O) groups is 2. The van der Waals surface area contributed by atoms with Crippen molar-refractivity contribution in [2.45, 2.75) is 57.5 Å². The third-order valence-electron chi connectivity index (χ3n) is 4.01. The monoisotopic (exact) mass is 321 g/mol. The molecule has 1 aliphatic rings. The maximum absolute atomic E-state index is 12.9. The van der Waals surface area contributed by atoms with Gasteiger partial charge >= 0.3 is 5.97 Å². The van der Waals surface area contributed by atoms with E-state index in [0.717, 1.165) is 37.7 Å². The first-order valence-electron chi connectivity index (χ1n) is 8.20. The van der Waals surface area contributed by atoms with E-state index in [2.05, 4.69) is 5.32 Å². The zero-order chi connectivity index (χ0) is 16.7. The van der Waals surface area contributed by atoms with Crippen molar-refractivity contribution in [1.82, 2.24) is 5.32 Å². The fourth-order valence-electron chi connectivity index (χ4n) is 2.56. The minimum Gasteiger partial charge on any atom is -0.459 e. The average molecular weight is 321 g/mol. The van der Waals surface area contributed by atoms with E-state index in [1.54, 1.807) is 12.1 Å². The van der Waals surface area contributed by atoms with E-state index < -0.39 is 0 Å². The highest BCUT2D eigenvalue weighted by atomic mass is 19.1. The van der Waals surface area contributed by atoms with Crippen LogP contribution in [0, 0.1) is 5.82 Å². The molecule has 0 heterocycles. The Hall–Kier alpha value is -1.91. The number of esters is 1. The largest absolute Gasteiger partial charge is 0.459 e. The number of nitrogens with one attached hydrogen (secondary N) is 1. The zero-order valence-corrected chi connectivity index (χ0v) is 13.6. The van der Waals surface area contributed by atoms with Gasteiger partial charge in [0.2, 0.25) is 5.91 Å².